The number of amides is 1. The predicted octanol–water partition coefficient (Wildman–Crippen LogP) is 3.09. The second-order valence-corrected chi connectivity index (χ2v) is 5.46. The Labute approximate surface area is 117 Å². The smallest absolute Gasteiger partial charge is 0.274 e. The summed E-state index contributed by atoms with van der Waals surface area (Å²) in [6.45, 7) is 5.44. The minimum atomic E-state index is -0.00509. The number of nitrogens with zero attached hydrogens (tertiary/aromatic N) is 2. The molecule has 0 saturated heterocycles. The fourth-order valence-corrected chi connectivity index (χ4v) is 2.67. The summed E-state index contributed by atoms with van der Waals surface area (Å²) in [5.41, 5.74) is 1.54. The van der Waals surface area contributed by atoms with E-state index in [4.69, 9.17) is 0 Å². The van der Waals surface area contributed by atoms with Gasteiger partial charge in [-0.2, -0.15) is 5.10 Å². The molecule has 0 aliphatic heterocycles. The van der Waals surface area contributed by atoms with Crippen molar-refractivity contribution in [3.8, 4) is 0 Å². The number of aromatic nitrogens is 2. The molecule has 1 amide bonds. The maximum Gasteiger partial charge on any atom is 0.274 e. The van der Waals surface area contributed by atoms with E-state index in [1.54, 1.807) is 11.3 Å². The lowest BCUT2D eigenvalue weighted by Crippen LogP contribution is -2.30. The number of hydrogen-bond donors (Lipinski definition) is 1. The van der Waals surface area contributed by atoms with E-state index in [0.29, 0.717) is 18.8 Å². The first-order valence-electron chi connectivity index (χ1n) is 6.60. The van der Waals surface area contributed by atoms with Gasteiger partial charge in [-0.3, -0.25) is 9.89 Å². The molecule has 0 saturated carbocycles. The maximum atomic E-state index is 12.4. The minimum Gasteiger partial charge on any atom is -0.332 e. The van der Waals surface area contributed by atoms with E-state index in [2.05, 4.69) is 17.1 Å². The summed E-state index contributed by atoms with van der Waals surface area (Å²) >= 11 is 1.67. The molecule has 1 N–H and O–H groups in total. The Hall–Kier alpha value is -1.62. The monoisotopic (exact) mass is 277 g/mol. The van der Waals surface area contributed by atoms with Crippen LogP contribution in [0.4, 0.5) is 0 Å². The summed E-state index contributed by atoms with van der Waals surface area (Å²) in [4.78, 5) is 15.4. The molecule has 0 radical (unpaired) electrons. The van der Waals surface area contributed by atoms with Crippen LogP contribution < -0.4 is 0 Å². The van der Waals surface area contributed by atoms with E-state index in [1.807, 2.05) is 35.4 Å². The maximum absolute atomic E-state index is 12.4. The van der Waals surface area contributed by atoms with Crippen molar-refractivity contribution >= 4 is 17.2 Å². The highest BCUT2D eigenvalue weighted by Gasteiger charge is 2.17. The van der Waals surface area contributed by atoms with E-state index >= 15 is 0 Å². The highest BCUT2D eigenvalue weighted by molar-refractivity contribution is 7.09. The number of nitrogens with one attached hydrogen (secondary N) is 1. The van der Waals surface area contributed by atoms with E-state index < -0.39 is 0 Å². The number of rotatable bonds is 6. The molecule has 0 atom stereocenters. The molecule has 19 heavy (non-hydrogen) atoms. The first-order valence-corrected chi connectivity index (χ1v) is 7.48. The van der Waals surface area contributed by atoms with Gasteiger partial charge in [0, 0.05) is 17.1 Å². The minimum absolute atomic E-state index is 0.00509. The molecule has 0 spiro atoms. The van der Waals surface area contributed by atoms with Crippen LogP contribution in [0.1, 0.15) is 41.3 Å². The third-order valence-electron chi connectivity index (χ3n) is 2.97. The van der Waals surface area contributed by atoms with E-state index in [9.17, 15) is 4.79 Å². The molecule has 2 rings (SSSR count). The number of aryl methyl sites for hydroxylation is 1. The van der Waals surface area contributed by atoms with E-state index in [1.165, 1.54) is 4.88 Å². The Balaban J connectivity index is 2.06. The van der Waals surface area contributed by atoms with Gasteiger partial charge < -0.3 is 4.90 Å². The number of carbonyl (C=O) groups excluding carboxylic acids is 1. The summed E-state index contributed by atoms with van der Waals surface area (Å²) in [7, 11) is 0. The van der Waals surface area contributed by atoms with Crippen LogP contribution in [-0.4, -0.2) is 27.5 Å². The first kappa shape index (κ1) is 13.8. The van der Waals surface area contributed by atoms with Crippen molar-refractivity contribution in [2.24, 2.45) is 0 Å². The fourth-order valence-electron chi connectivity index (χ4n) is 1.95. The Morgan fingerprint density at radius 1 is 1.47 bits per heavy atom. The lowest BCUT2D eigenvalue weighted by atomic mass is 10.2. The summed E-state index contributed by atoms with van der Waals surface area (Å²) in [6.07, 6.45) is 1.97. The predicted molar refractivity (Wildman–Crippen MR) is 77.3 cm³/mol. The number of hydrogen-bond acceptors (Lipinski definition) is 3. The van der Waals surface area contributed by atoms with Gasteiger partial charge in [-0.05, 0) is 30.9 Å². The van der Waals surface area contributed by atoms with Crippen LogP contribution in [0.2, 0.25) is 0 Å². The zero-order valence-corrected chi connectivity index (χ0v) is 12.2. The van der Waals surface area contributed by atoms with E-state index in [0.717, 1.165) is 18.5 Å². The summed E-state index contributed by atoms with van der Waals surface area (Å²) in [5, 5.41) is 9.08. The van der Waals surface area contributed by atoms with Crippen LogP contribution in [0.25, 0.3) is 0 Å². The Kier molecular flexibility index (Phi) is 4.74. The van der Waals surface area contributed by atoms with Crippen molar-refractivity contribution in [2.75, 3.05) is 6.54 Å². The van der Waals surface area contributed by atoms with Crippen LogP contribution >= 0.6 is 11.3 Å². The Bertz CT molecular complexity index is 519. The first-order chi connectivity index (χ1) is 9.24. The molecule has 0 unspecified atom stereocenters. The summed E-state index contributed by atoms with van der Waals surface area (Å²) < 4.78 is 0. The molecule has 0 aromatic carbocycles. The molecule has 5 heteroatoms. The van der Waals surface area contributed by atoms with Crippen molar-refractivity contribution < 1.29 is 4.79 Å². The number of aromatic amines is 1. The standard InChI is InChI=1S/C14H19N3OS/c1-3-6-11-9-13(16-15-11)14(18)17(4-2)10-12-7-5-8-19-12/h5,7-9H,3-4,6,10H2,1-2H3,(H,15,16). The third-order valence-corrected chi connectivity index (χ3v) is 3.83. The molecule has 102 valence electrons. The van der Waals surface area contributed by atoms with Crippen molar-refractivity contribution in [3.63, 3.8) is 0 Å². The lowest BCUT2D eigenvalue weighted by molar-refractivity contribution is 0.0748. The largest absolute Gasteiger partial charge is 0.332 e. The molecule has 4 nitrogen and oxygen atoms in total. The number of H-pyrrole nitrogens is 1. The van der Waals surface area contributed by atoms with Gasteiger partial charge in [0.25, 0.3) is 5.91 Å². The molecule has 2 heterocycles. The molecule has 0 aliphatic rings. The van der Waals surface area contributed by atoms with Crippen LogP contribution in [-0.2, 0) is 13.0 Å². The average Bonchev–Trinajstić information content (AvgIpc) is 3.06. The average molecular weight is 277 g/mol. The van der Waals surface area contributed by atoms with Crippen molar-refractivity contribution in [1.29, 1.82) is 0 Å². The van der Waals surface area contributed by atoms with Crippen molar-refractivity contribution in [1.82, 2.24) is 15.1 Å². The Morgan fingerprint density at radius 2 is 2.32 bits per heavy atom. The topological polar surface area (TPSA) is 49.0 Å². The van der Waals surface area contributed by atoms with Gasteiger partial charge in [0.05, 0.1) is 6.54 Å². The molecular weight excluding hydrogens is 258 g/mol. The second-order valence-electron chi connectivity index (χ2n) is 4.43. The van der Waals surface area contributed by atoms with Crippen molar-refractivity contribution in [2.45, 2.75) is 33.2 Å². The van der Waals surface area contributed by atoms with Gasteiger partial charge >= 0.3 is 0 Å². The van der Waals surface area contributed by atoms with Gasteiger partial charge in [0.1, 0.15) is 5.69 Å². The number of carbonyl (C=O) groups is 1. The molecule has 2 aromatic rings. The third kappa shape index (κ3) is 3.44. The summed E-state index contributed by atoms with van der Waals surface area (Å²) in [5.74, 6) is -0.00509. The number of thiophene rings is 1. The quantitative estimate of drug-likeness (QED) is 0.882. The van der Waals surface area contributed by atoms with Crippen molar-refractivity contribution in [3.05, 3.63) is 39.8 Å². The highest BCUT2D eigenvalue weighted by atomic mass is 32.1. The van der Waals surface area contributed by atoms with Gasteiger partial charge in [-0.1, -0.05) is 19.4 Å². The Morgan fingerprint density at radius 3 is 2.95 bits per heavy atom. The zero-order valence-electron chi connectivity index (χ0n) is 11.3. The van der Waals surface area contributed by atoms with Gasteiger partial charge in [-0.25, -0.2) is 0 Å². The fraction of sp³-hybridized carbons (Fsp3) is 0.429. The normalized spacial score (nSPS) is 10.6. The molecule has 0 bridgehead atoms. The molecular formula is C14H19N3OS. The van der Waals surface area contributed by atoms with E-state index in [-0.39, 0.29) is 5.91 Å². The lowest BCUT2D eigenvalue weighted by Gasteiger charge is -2.18. The summed E-state index contributed by atoms with van der Waals surface area (Å²) in [6, 6.07) is 5.92. The molecule has 0 fully saturated rings. The zero-order chi connectivity index (χ0) is 13.7. The van der Waals surface area contributed by atoms with Gasteiger partial charge in [0.2, 0.25) is 0 Å². The van der Waals surface area contributed by atoms with Crippen LogP contribution in [0.3, 0.4) is 0 Å². The van der Waals surface area contributed by atoms with Gasteiger partial charge in [0.15, 0.2) is 0 Å². The second kappa shape index (κ2) is 6.52. The highest BCUT2D eigenvalue weighted by Crippen LogP contribution is 2.14. The van der Waals surface area contributed by atoms with Gasteiger partial charge in [-0.15, -0.1) is 11.3 Å². The van der Waals surface area contributed by atoms with Crippen LogP contribution in [0.5, 0.6) is 0 Å². The molecule has 0 aliphatic carbocycles. The van der Waals surface area contributed by atoms with Crippen LogP contribution in [0, 0.1) is 0 Å². The van der Waals surface area contributed by atoms with Crippen LogP contribution in [0.15, 0.2) is 23.6 Å². The SMILES string of the molecule is CCCc1cc(C(=O)N(CC)Cc2cccs2)n[nH]1. The molecule has 2 aromatic heterocycles.